The van der Waals surface area contributed by atoms with Crippen molar-refractivity contribution >= 4 is 0 Å². The van der Waals surface area contributed by atoms with Crippen LogP contribution in [0.2, 0.25) is 0 Å². The third-order valence-electron chi connectivity index (χ3n) is 4.37. The third kappa shape index (κ3) is 1.89. The van der Waals surface area contributed by atoms with E-state index in [1.54, 1.807) is 0 Å². The molecular formula is C17H18O3. The molecule has 0 N–H and O–H groups in total. The first-order valence-electron chi connectivity index (χ1n) is 6.76. The van der Waals surface area contributed by atoms with Gasteiger partial charge < -0.3 is 14.2 Å². The van der Waals surface area contributed by atoms with Crippen molar-refractivity contribution in [3.63, 3.8) is 0 Å². The van der Waals surface area contributed by atoms with E-state index in [0.717, 1.165) is 11.1 Å². The number of rotatable bonds is 3. The van der Waals surface area contributed by atoms with Crippen LogP contribution in [-0.2, 0) is 20.2 Å². The van der Waals surface area contributed by atoms with Crippen LogP contribution in [0, 0.1) is 23.7 Å². The summed E-state index contributed by atoms with van der Waals surface area (Å²) in [6.45, 7) is 7.79. The minimum Gasteiger partial charge on any atom is -0.323 e. The molecule has 3 aliphatic rings. The summed E-state index contributed by atoms with van der Waals surface area (Å²) in [6.07, 6.45) is 7.29. The Labute approximate surface area is 119 Å². The van der Waals surface area contributed by atoms with Crippen LogP contribution < -0.4 is 0 Å². The molecule has 0 amide bonds. The van der Waals surface area contributed by atoms with Crippen LogP contribution in [0.3, 0.4) is 0 Å². The van der Waals surface area contributed by atoms with Gasteiger partial charge in [0.1, 0.15) is 0 Å². The standard InChI is InChI=1S/C17H18O3/c1-4-13(3)16-10-18-17(19-11-16,20-12-16)15-8-6-14(5-2)7-9-15/h2,4,6-9,13H,1,10-12H2,3H3. The molecule has 4 rings (SSSR count). The molecule has 1 atom stereocenters. The van der Waals surface area contributed by atoms with E-state index in [9.17, 15) is 0 Å². The van der Waals surface area contributed by atoms with E-state index < -0.39 is 5.97 Å². The minimum absolute atomic E-state index is 0.123. The first-order valence-corrected chi connectivity index (χ1v) is 6.76. The molecule has 1 unspecified atom stereocenters. The first-order chi connectivity index (χ1) is 9.64. The van der Waals surface area contributed by atoms with Gasteiger partial charge in [-0.05, 0) is 30.2 Å². The maximum atomic E-state index is 5.91. The highest BCUT2D eigenvalue weighted by Crippen LogP contribution is 2.47. The normalized spacial score (nSPS) is 33.4. The van der Waals surface area contributed by atoms with E-state index in [1.165, 1.54) is 0 Å². The Kier molecular flexibility index (Phi) is 3.18. The molecule has 3 heterocycles. The lowest BCUT2D eigenvalue weighted by Gasteiger charge is -2.53. The molecule has 2 bridgehead atoms. The molecule has 3 nitrogen and oxygen atoms in total. The molecule has 104 valence electrons. The van der Waals surface area contributed by atoms with Crippen LogP contribution >= 0.6 is 0 Å². The maximum Gasteiger partial charge on any atom is 0.312 e. The Morgan fingerprint density at radius 2 is 1.75 bits per heavy atom. The first kappa shape index (κ1) is 13.4. The van der Waals surface area contributed by atoms with E-state index >= 15 is 0 Å². The second kappa shape index (κ2) is 4.75. The van der Waals surface area contributed by atoms with Crippen LogP contribution in [0.5, 0.6) is 0 Å². The van der Waals surface area contributed by atoms with Gasteiger partial charge >= 0.3 is 5.97 Å². The van der Waals surface area contributed by atoms with E-state index in [4.69, 9.17) is 20.6 Å². The summed E-state index contributed by atoms with van der Waals surface area (Å²) in [7, 11) is 0. The Hall–Kier alpha value is -1.60. The SMILES string of the molecule is C#Cc1ccc(C23OCC(C(C)C=C)(CO2)CO3)cc1. The van der Waals surface area contributed by atoms with E-state index in [0.29, 0.717) is 19.8 Å². The maximum absolute atomic E-state index is 5.91. The predicted molar refractivity (Wildman–Crippen MR) is 75.7 cm³/mol. The zero-order valence-electron chi connectivity index (χ0n) is 11.6. The molecular weight excluding hydrogens is 252 g/mol. The number of ether oxygens (including phenoxy) is 3. The Morgan fingerprint density at radius 1 is 1.20 bits per heavy atom. The largest absolute Gasteiger partial charge is 0.323 e. The van der Waals surface area contributed by atoms with Crippen LogP contribution in [-0.4, -0.2) is 19.8 Å². The van der Waals surface area contributed by atoms with Crippen molar-refractivity contribution < 1.29 is 14.2 Å². The topological polar surface area (TPSA) is 27.7 Å². The fourth-order valence-corrected chi connectivity index (χ4v) is 2.63. The minimum atomic E-state index is -1.07. The van der Waals surface area contributed by atoms with Crippen molar-refractivity contribution in [2.45, 2.75) is 12.9 Å². The molecule has 1 aromatic rings. The van der Waals surface area contributed by atoms with Gasteiger partial charge in [-0.1, -0.05) is 18.9 Å². The highest BCUT2D eigenvalue weighted by Gasteiger charge is 2.55. The van der Waals surface area contributed by atoms with Gasteiger partial charge in [-0.3, -0.25) is 0 Å². The number of terminal acetylenes is 1. The molecule has 0 aromatic heterocycles. The van der Waals surface area contributed by atoms with Crippen molar-refractivity contribution in [2.24, 2.45) is 11.3 Å². The third-order valence-corrected chi connectivity index (χ3v) is 4.37. The fourth-order valence-electron chi connectivity index (χ4n) is 2.63. The van der Waals surface area contributed by atoms with Crippen LogP contribution in [0.1, 0.15) is 18.1 Å². The molecule has 3 saturated heterocycles. The monoisotopic (exact) mass is 270 g/mol. The van der Waals surface area contributed by atoms with Gasteiger partial charge in [-0.2, -0.15) is 0 Å². The molecule has 0 radical (unpaired) electrons. The van der Waals surface area contributed by atoms with Gasteiger partial charge in [-0.15, -0.1) is 13.0 Å². The summed E-state index contributed by atoms with van der Waals surface area (Å²) in [6, 6.07) is 7.51. The lowest BCUT2D eigenvalue weighted by Crippen LogP contribution is -2.60. The van der Waals surface area contributed by atoms with Crippen molar-refractivity contribution in [3.8, 4) is 12.3 Å². The van der Waals surface area contributed by atoms with Gasteiger partial charge in [0.2, 0.25) is 0 Å². The fraction of sp³-hybridized carbons (Fsp3) is 0.412. The summed E-state index contributed by atoms with van der Waals surface area (Å²) in [5.41, 5.74) is 1.55. The average Bonchev–Trinajstić information content (AvgIpc) is 2.55. The van der Waals surface area contributed by atoms with E-state index in [-0.39, 0.29) is 11.3 Å². The van der Waals surface area contributed by atoms with Crippen molar-refractivity contribution in [1.82, 2.24) is 0 Å². The zero-order chi connectivity index (χ0) is 14.2. The zero-order valence-corrected chi connectivity index (χ0v) is 11.6. The van der Waals surface area contributed by atoms with Gasteiger partial charge in [0.05, 0.1) is 19.8 Å². The van der Waals surface area contributed by atoms with Gasteiger partial charge in [-0.25, -0.2) is 0 Å². The second-order valence-corrected chi connectivity index (χ2v) is 5.53. The Balaban J connectivity index is 1.84. The van der Waals surface area contributed by atoms with Crippen LogP contribution in [0.25, 0.3) is 0 Å². The average molecular weight is 270 g/mol. The molecule has 20 heavy (non-hydrogen) atoms. The molecule has 3 fully saturated rings. The summed E-state index contributed by atoms with van der Waals surface area (Å²) in [4.78, 5) is 0. The number of hydrogen-bond donors (Lipinski definition) is 0. The summed E-state index contributed by atoms with van der Waals surface area (Å²) in [5.74, 6) is 1.80. The Morgan fingerprint density at radius 3 is 2.20 bits per heavy atom. The number of benzene rings is 1. The number of hydrogen-bond acceptors (Lipinski definition) is 3. The lowest BCUT2D eigenvalue weighted by atomic mass is 9.76. The van der Waals surface area contributed by atoms with E-state index in [1.807, 2.05) is 30.3 Å². The van der Waals surface area contributed by atoms with Crippen molar-refractivity contribution in [1.29, 1.82) is 0 Å². The predicted octanol–water partition coefficient (Wildman–Crippen LogP) is 2.66. The van der Waals surface area contributed by atoms with Gasteiger partial charge in [0.25, 0.3) is 0 Å². The molecule has 3 aliphatic heterocycles. The van der Waals surface area contributed by atoms with Crippen LogP contribution in [0.15, 0.2) is 36.9 Å². The summed E-state index contributed by atoms with van der Waals surface area (Å²) < 4.78 is 17.7. The molecule has 0 spiro atoms. The van der Waals surface area contributed by atoms with E-state index in [2.05, 4.69) is 19.4 Å². The molecule has 1 aromatic carbocycles. The van der Waals surface area contributed by atoms with Crippen molar-refractivity contribution in [3.05, 3.63) is 48.0 Å². The molecule has 0 saturated carbocycles. The number of fused-ring (bicyclic) bond motifs is 3. The quantitative estimate of drug-likeness (QED) is 0.624. The number of allylic oxidation sites excluding steroid dienone is 1. The summed E-state index contributed by atoms with van der Waals surface area (Å²) >= 11 is 0. The molecule has 3 heteroatoms. The van der Waals surface area contributed by atoms with Crippen molar-refractivity contribution in [2.75, 3.05) is 19.8 Å². The second-order valence-electron chi connectivity index (χ2n) is 5.53. The van der Waals surface area contributed by atoms with Crippen LogP contribution in [0.4, 0.5) is 0 Å². The smallest absolute Gasteiger partial charge is 0.312 e. The molecule has 0 aliphatic carbocycles. The summed E-state index contributed by atoms with van der Waals surface area (Å²) in [5, 5.41) is 0. The van der Waals surface area contributed by atoms with Gasteiger partial charge in [0, 0.05) is 16.5 Å². The van der Waals surface area contributed by atoms with Gasteiger partial charge in [0.15, 0.2) is 0 Å². The highest BCUT2D eigenvalue weighted by molar-refractivity contribution is 5.35. The lowest BCUT2D eigenvalue weighted by molar-refractivity contribution is -0.483. The highest BCUT2D eigenvalue weighted by atomic mass is 16.9. The Bertz CT molecular complexity index is 528.